The topological polar surface area (TPSA) is 52.3 Å². The van der Waals surface area contributed by atoms with Crippen molar-refractivity contribution in [3.63, 3.8) is 0 Å². The van der Waals surface area contributed by atoms with Gasteiger partial charge in [-0.1, -0.05) is 13.0 Å². The van der Waals surface area contributed by atoms with Gasteiger partial charge in [0.05, 0.1) is 6.61 Å². The van der Waals surface area contributed by atoms with Crippen molar-refractivity contribution in [2.24, 2.45) is 5.73 Å². The number of carbonyl (C=O) groups excluding carboxylic acids is 1. The first-order valence-electron chi connectivity index (χ1n) is 3.82. The van der Waals surface area contributed by atoms with Crippen LogP contribution in [0.25, 0.3) is 0 Å². The van der Waals surface area contributed by atoms with Crippen molar-refractivity contribution in [1.82, 2.24) is 0 Å². The van der Waals surface area contributed by atoms with Crippen LogP contribution >= 0.6 is 0 Å². The summed E-state index contributed by atoms with van der Waals surface area (Å²) in [4.78, 5) is 11.0. The van der Waals surface area contributed by atoms with E-state index in [0.29, 0.717) is 12.2 Å². The summed E-state index contributed by atoms with van der Waals surface area (Å²) in [5.74, 6) is -0.295. The van der Waals surface area contributed by atoms with E-state index in [1.54, 1.807) is 13.0 Å². The molecule has 0 bridgehead atoms. The van der Waals surface area contributed by atoms with E-state index in [4.69, 9.17) is 10.5 Å². The molecule has 0 aliphatic heterocycles. The number of allylic oxidation sites excluding steroid dienone is 1. The van der Waals surface area contributed by atoms with Crippen molar-refractivity contribution >= 4 is 5.97 Å². The molecule has 64 valence electrons. The molecule has 0 fully saturated rings. The standard InChI is InChI=1S/C8H15NO2/c1-3-5-7(6-9)8(10)11-4-2/h5H,3-4,6,9H2,1-2H3. The number of esters is 1. The molecular formula is C8H15NO2. The molecule has 0 atom stereocenters. The molecule has 11 heavy (non-hydrogen) atoms. The van der Waals surface area contributed by atoms with E-state index in [1.807, 2.05) is 6.92 Å². The van der Waals surface area contributed by atoms with Gasteiger partial charge in [0.25, 0.3) is 0 Å². The summed E-state index contributed by atoms with van der Waals surface area (Å²) in [5, 5.41) is 0. The Hall–Kier alpha value is -0.830. The molecular weight excluding hydrogens is 142 g/mol. The minimum atomic E-state index is -0.295. The highest BCUT2D eigenvalue weighted by molar-refractivity contribution is 5.88. The lowest BCUT2D eigenvalue weighted by Gasteiger charge is -2.02. The van der Waals surface area contributed by atoms with Crippen molar-refractivity contribution in [3.8, 4) is 0 Å². The summed E-state index contributed by atoms with van der Waals surface area (Å²) in [6.07, 6.45) is 2.60. The van der Waals surface area contributed by atoms with E-state index in [-0.39, 0.29) is 12.5 Å². The molecule has 0 radical (unpaired) electrons. The van der Waals surface area contributed by atoms with Crippen LogP contribution in [-0.2, 0) is 9.53 Å². The third-order valence-corrected chi connectivity index (χ3v) is 1.21. The van der Waals surface area contributed by atoms with Gasteiger partial charge in [0.2, 0.25) is 0 Å². The van der Waals surface area contributed by atoms with Gasteiger partial charge in [0.15, 0.2) is 0 Å². The molecule has 0 amide bonds. The second-order valence-electron chi connectivity index (χ2n) is 2.06. The van der Waals surface area contributed by atoms with Gasteiger partial charge in [0.1, 0.15) is 0 Å². The second-order valence-corrected chi connectivity index (χ2v) is 2.06. The first-order chi connectivity index (χ1) is 5.26. The number of hydrogen-bond donors (Lipinski definition) is 1. The second kappa shape index (κ2) is 5.92. The summed E-state index contributed by atoms with van der Waals surface area (Å²) in [6, 6.07) is 0. The number of carbonyl (C=O) groups is 1. The molecule has 0 spiro atoms. The third kappa shape index (κ3) is 3.78. The summed E-state index contributed by atoms with van der Waals surface area (Å²) < 4.78 is 4.76. The minimum Gasteiger partial charge on any atom is -0.463 e. The van der Waals surface area contributed by atoms with E-state index < -0.39 is 0 Å². The monoisotopic (exact) mass is 157 g/mol. The van der Waals surface area contributed by atoms with E-state index in [2.05, 4.69) is 0 Å². The number of ether oxygens (including phenoxy) is 1. The van der Waals surface area contributed by atoms with Crippen molar-refractivity contribution in [1.29, 1.82) is 0 Å². The summed E-state index contributed by atoms with van der Waals surface area (Å²) in [5.41, 5.74) is 5.89. The first kappa shape index (κ1) is 10.2. The van der Waals surface area contributed by atoms with Gasteiger partial charge in [-0.2, -0.15) is 0 Å². The van der Waals surface area contributed by atoms with E-state index in [1.165, 1.54) is 0 Å². The average molecular weight is 157 g/mol. The largest absolute Gasteiger partial charge is 0.463 e. The Labute approximate surface area is 67.2 Å². The highest BCUT2D eigenvalue weighted by Crippen LogP contribution is 1.97. The fraction of sp³-hybridized carbons (Fsp3) is 0.625. The van der Waals surface area contributed by atoms with Crippen LogP contribution < -0.4 is 5.73 Å². The fourth-order valence-electron chi connectivity index (χ4n) is 0.720. The fourth-order valence-corrected chi connectivity index (χ4v) is 0.720. The van der Waals surface area contributed by atoms with E-state index in [9.17, 15) is 4.79 Å². The molecule has 2 N–H and O–H groups in total. The summed E-state index contributed by atoms with van der Waals surface area (Å²) >= 11 is 0. The Morgan fingerprint density at radius 2 is 2.18 bits per heavy atom. The highest BCUT2D eigenvalue weighted by atomic mass is 16.5. The van der Waals surface area contributed by atoms with Crippen molar-refractivity contribution in [3.05, 3.63) is 11.6 Å². The highest BCUT2D eigenvalue weighted by Gasteiger charge is 2.06. The van der Waals surface area contributed by atoms with Crippen molar-refractivity contribution in [2.75, 3.05) is 13.2 Å². The Morgan fingerprint density at radius 3 is 2.55 bits per heavy atom. The Morgan fingerprint density at radius 1 is 1.55 bits per heavy atom. The van der Waals surface area contributed by atoms with Gasteiger partial charge in [-0.25, -0.2) is 4.79 Å². The normalized spacial score (nSPS) is 11.4. The van der Waals surface area contributed by atoms with Crippen LogP contribution in [0.4, 0.5) is 0 Å². The van der Waals surface area contributed by atoms with Gasteiger partial charge in [0, 0.05) is 12.1 Å². The SMILES string of the molecule is CCC=C(CN)C(=O)OCC. The molecule has 0 rings (SSSR count). The van der Waals surface area contributed by atoms with Crippen LogP contribution in [0.1, 0.15) is 20.3 Å². The van der Waals surface area contributed by atoms with Crippen LogP contribution in [0.3, 0.4) is 0 Å². The predicted molar refractivity (Wildman–Crippen MR) is 44.1 cm³/mol. The maximum Gasteiger partial charge on any atom is 0.334 e. The van der Waals surface area contributed by atoms with Crippen LogP contribution in [0.5, 0.6) is 0 Å². The maximum absolute atomic E-state index is 11.0. The molecule has 0 aromatic carbocycles. The van der Waals surface area contributed by atoms with E-state index in [0.717, 1.165) is 6.42 Å². The van der Waals surface area contributed by atoms with Gasteiger partial charge in [-0.15, -0.1) is 0 Å². The van der Waals surface area contributed by atoms with E-state index >= 15 is 0 Å². The van der Waals surface area contributed by atoms with Crippen LogP contribution in [-0.4, -0.2) is 19.1 Å². The van der Waals surface area contributed by atoms with Gasteiger partial charge < -0.3 is 10.5 Å². The molecule has 0 aromatic rings. The number of hydrogen-bond acceptors (Lipinski definition) is 3. The first-order valence-corrected chi connectivity index (χ1v) is 3.82. The van der Waals surface area contributed by atoms with Gasteiger partial charge in [-0.3, -0.25) is 0 Å². The summed E-state index contributed by atoms with van der Waals surface area (Å²) in [7, 11) is 0. The van der Waals surface area contributed by atoms with Crippen LogP contribution in [0.2, 0.25) is 0 Å². The van der Waals surface area contributed by atoms with Crippen molar-refractivity contribution < 1.29 is 9.53 Å². The average Bonchev–Trinajstić information content (AvgIpc) is 2.00. The van der Waals surface area contributed by atoms with Crippen LogP contribution in [0.15, 0.2) is 11.6 Å². The molecule has 0 unspecified atom stereocenters. The minimum absolute atomic E-state index is 0.257. The molecule has 0 saturated carbocycles. The zero-order valence-corrected chi connectivity index (χ0v) is 7.09. The van der Waals surface area contributed by atoms with Crippen LogP contribution in [0, 0.1) is 0 Å². The Kier molecular flexibility index (Phi) is 5.47. The Balaban J connectivity index is 4.03. The zero-order valence-electron chi connectivity index (χ0n) is 7.09. The number of rotatable bonds is 4. The molecule has 0 heterocycles. The predicted octanol–water partition coefficient (Wildman–Crippen LogP) is 0.845. The van der Waals surface area contributed by atoms with Gasteiger partial charge >= 0.3 is 5.97 Å². The lowest BCUT2D eigenvalue weighted by Crippen LogP contribution is -2.15. The quantitative estimate of drug-likeness (QED) is 0.486. The molecule has 3 heteroatoms. The molecule has 0 aliphatic carbocycles. The lowest BCUT2D eigenvalue weighted by atomic mass is 10.2. The maximum atomic E-state index is 11.0. The lowest BCUT2D eigenvalue weighted by molar-refractivity contribution is -0.138. The number of nitrogens with two attached hydrogens (primary N) is 1. The Bertz CT molecular complexity index is 152. The third-order valence-electron chi connectivity index (χ3n) is 1.21. The molecule has 0 saturated heterocycles. The zero-order chi connectivity index (χ0) is 8.69. The summed E-state index contributed by atoms with van der Waals surface area (Å²) in [6.45, 7) is 4.39. The molecule has 3 nitrogen and oxygen atoms in total. The van der Waals surface area contributed by atoms with Gasteiger partial charge in [-0.05, 0) is 13.3 Å². The smallest absolute Gasteiger partial charge is 0.334 e. The van der Waals surface area contributed by atoms with Crippen molar-refractivity contribution in [2.45, 2.75) is 20.3 Å². The molecule has 0 aliphatic rings. The molecule has 0 aromatic heterocycles.